The van der Waals surface area contributed by atoms with Gasteiger partial charge in [-0.05, 0) is 30.3 Å². The molecule has 11 heteroatoms. The zero-order valence-corrected chi connectivity index (χ0v) is 14.5. The van der Waals surface area contributed by atoms with Crippen molar-refractivity contribution >= 4 is 17.4 Å². The van der Waals surface area contributed by atoms with Gasteiger partial charge in [-0.2, -0.15) is 9.61 Å². The van der Waals surface area contributed by atoms with Crippen LogP contribution in [0.5, 0.6) is 5.75 Å². The molecule has 4 rings (SSSR count). The number of fused-ring (bicyclic) bond motifs is 1. The highest BCUT2D eigenvalue weighted by Gasteiger charge is 2.32. The van der Waals surface area contributed by atoms with E-state index in [1.54, 1.807) is 18.2 Å². The molecule has 146 valence electrons. The number of amides is 1. The van der Waals surface area contributed by atoms with Crippen molar-refractivity contribution < 1.29 is 22.7 Å². The highest BCUT2D eigenvalue weighted by atomic mass is 19.4. The monoisotopic (exact) mass is 400 g/mol. The van der Waals surface area contributed by atoms with Crippen LogP contribution in [0.3, 0.4) is 0 Å². The number of anilines is 1. The fourth-order valence-corrected chi connectivity index (χ4v) is 2.58. The highest BCUT2D eigenvalue weighted by Crippen LogP contribution is 2.32. The van der Waals surface area contributed by atoms with Crippen molar-refractivity contribution in [1.82, 2.24) is 24.6 Å². The van der Waals surface area contributed by atoms with Crippen molar-refractivity contribution in [2.24, 2.45) is 0 Å². The number of carbonyl (C=O) groups excluding carboxylic acids is 1. The number of nitrogens with one attached hydrogen (secondary N) is 1. The molecule has 0 atom stereocenters. The summed E-state index contributed by atoms with van der Waals surface area (Å²) in [6, 6.07) is 10.3. The van der Waals surface area contributed by atoms with Crippen LogP contribution in [0.25, 0.3) is 16.9 Å². The fraction of sp³-hybridized carbons (Fsp3) is 0.0556. The summed E-state index contributed by atoms with van der Waals surface area (Å²) in [7, 11) is 0. The molecule has 0 aliphatic carbocycles. The Bertz CT molecular complexity index is 1180. The van der Waals surface area contributed by atoms with E-state index in [1.165, 1.54) is 47.4 Å². The van der Waals surface area contributed by atoms with Crippen LogP contribution in [0, 0.1) is 0 Å². The van der Waals surface area contributed by atoms with Gasteiger partial charge in [0.25, 0.3) is 5.91 Å². The van der Waals surface area contributed by atoms with Gasteiger partial charge in [-0.25, -0.2) is 15.0 Å². The number of aromatic nitrogens is 5. The van der Waals surface area contributed by atoms with E-state index in [4.69, 9.17) is 0 Å². The molecule has 0 saturated carbocycles. The lowest BCUT2D eigenvalue weighted by Gasteiger charge is -2.13. The second-order valence-corrected chi connectivity index (χ2v) is 5.70. The molecule has 0 aliphatic heterocycles. The molecule has 4 aromatic rings. The number of halogens is 3. The smallest absolute Gasteiger partial charge is 0.405 e. The number of para-hydroxylation sites is 1. The lowest BCUT2D eigenvalue weighted by atomic mass is 10.1. The molecule has 0 bridgehead atoms. The SMILES string of the molecule is O=C(Nc1cnc2ccc(-c3ccccc3OC(F)(F)F)nn12)c1ncccn1. The lowest BCUT2D eigenvalue weighted by molar-refractivity contribution is -0.274. The quantitative estimate of drug-likeness (QED) is 0.565. The molecule has 1 N–H and O–H groups in total. The number of imidazole rings is 1. The summed E-state index contributed by atoms with van der Waals surface area (Å²) in [4.78, 5) is 24.1. The zero-order chi connectivity index (χ0) is 20.4. The van der Waals surface area contributed by atoms with Crippen LogP contribution in [-0.2, 0) is 0 Å². The van der Waals surface area contributed by atoms with E-state index in [0.717, 1.165) is 0 Å². The minimum absolute atomic E-state index is 0.0532. The number of nitrogens with zero attached hydrogens (tertiary/aromatic N) is 5. The van der Waals surface area contributed by atoms with Gasteiger partial charge < -0.3 is 10.1 Å². The molecule has 8 nitrogen and oxygen atoms in total. The Kier molecular flexibility index (Phi) is 4.55. The molecule has 3 heterocycles. The maximum Gasteiger partial charge on any atom is 0.573 e. The fourth-order valence-electron chi connectivity index (χ4n) is 2.58. The minimum atomic E-state index is -4.84. The van der Waals surface area contributed by atoms with E-state index in [0.29, 0.717) is 5.65 Å². The van der Waals surface area contributed by atoms with Gasteiger partial charge in [0, 0.05) is 18.0 Å². The third-order valence-electron chi connectivity index (χ3n) is 3.76. The third kappa shape index (κ3) is 3.98. The Hall–Kier alpha value is -4.02. The molecule has 1 aromatic carbocycles. The van der Waals surface area contributed by atoms with Crippen LogP contribution >= 0.6 is 0 Å². The molecular weight excluding hydrogens is 389 g/mol. The zero-order valence-electron chi connectivity index (χ0n) is 14.5. The number of carbonyl (C=O) groups is 1. The largest absolute Gasteiger partial charge is 0.573 e. The molecular formula is C18H11F3N6O2. The molecule has 1 amide bonds. The first-order chi connectivity index (χ1) is 13.9. The molecule has 0 saturated heterocycles. The number of benzene rings is 1. The highest BCUT2D eigenvalue weighted by molar-refractivity contribution is 6.01. The average Bonchev–Trinajstić information content (AvgIpc) is 3.10. The lowest BCUT2D eigenvalue weighted by Crippen LogP contribution is -2.18. The van der Waals surface area contributed by atoms with Gasteiger partial charge in [-0.15, -0.1) is 13.2 Å². The van der Waals surface area contributed by atoms with Crippen molar-refractivity contribution in [3.05, 3.63) is 66.9 Å². The standard InChI is InChI=1S/C18H11F3N6O2/c19-18(20,21)29-13-5-2-1-4-11(13)12-6-7-14-24-10-15(27(14)26-12)25-17(28)16-22-8-3-9-23-16/h1-10H,(H,25,28). The van der Waals surface area contributed by atoms with E-state index in [9.17, 15) is 18.0 Å². The number of hydrogen-bond acceptors (Lipinski definition) is 6. The summed E-state index contributed by atoms with van der Waals surface area (Å²) in [5, 5.41) is 6.87. The molecule has 0 spiro atoms. The molecule has 3 aromatic heterocycles. The van der Waals surface area contributed by atoms with Gasteiger partial charge in [0.2, 0.25) is 5.82 Å². The van der Waals surface area contributed by atoms with Gasteiger partial charge in [-0.3, -0.25) is 4.79 Å². The van der Waals surface area contributed by atoms with Gasteiger partial charge in [0.15, 0.2) is 11.5 Å². The topological polar surface area (TPSA) is 94.3 Å². The first-order valence-corrected chi connectivity index (χ1v) is 8.19. The summed E-state index contributed by atoms with van der Waals surface area (Å²) in [5.74, 6) is -0.827. The van der Waals surface area contributed by atoms with E-state index in [2.05, 4.69) is 30.1 Å². The van der Waals surface area contributed by atoms with Gasteiger partial charge in [-0.1, -0.05) is 12.1 Å². The van der Waals surface area contributed by atoms with E-state index in [-0.39, 0.29) is 22.9 Å². The van der Waals surface area contributed by atoms with Crippen LogP contribution in [-0.4, -0.2) is 36.8 Å². The van der Waals surface area contributed by atoms with Crippen LogP contribution < -0.4 is 10.1 Å². The number of alkyl halides is 3. The van der Waals surface area contributed by atoms with Crippen molar-refractivity contribution in [2.45, 2.75) is 6.36 Å². The first-order valence-electron chi connectivity index (χ1n) is 8.19. The molecule has 0 fully saturated rings. The van der Waals surface area contributed by atoms with Crippen molar-refractivity contribution in [1.29, 1.82) is 0 Å². The average molecular weight is 400 g/mol. The Morgan fingerprint density at radius 3 is 2.52 bits per heavy atom. The second kappa shape index (κ2) is 7.19. The second-order valence-electron chi connectivity index (χ2n) is 5.70. The predicted molar refractivity (Wildman–Crippen MR) is 95.1 cm³/mol. The molecule has 0 unspecified atom stereocenters. The molecule has 29 heavy (non-hydrogen) atoms. The van der Waals surface area contributed by atoms with E-state index >= 15 is 0 Å². The Labute approximate surface area is 161 Å². The van der Waals surface area contributed by atoms with Crippen LogP contribution in [0.15, 0.2) is 61.1 Å². The number of hydrogen-bond donors (Lipinski definition) is 1. The summed E-state index contributed by atoms with van der Waals surface area (Å²) >= 11 is 0. The Morgan fingerprint density at radius 1 is 1.00 bits per heavy atom. The van der Waals surface area contributed by atoms with Crippen LogP contribution in [0.4, 0.5) is 19.0 Å². The van der Waals surface area contributed by atoms with Gasteiger partial charge in [0.1, 0.15) is 5.75 Å². The number of rotatable bonds is 4. The number of ether oxygens (including phenoxy) is 1. The molecule has 0 radical (unpaired) electrons. The normalized spacial score (nSPS) is 11.4. The Balaban J connectivity index is 1.71. The molecule has 0 aliphatic rings. The minimum Gasteiger partial charge on any atom is -0.405 e. The first kappa shape index (κ1) is 18.3. The van der Waals surface area contributed by atoms with E-state index in [1.807, 2.05) is 0 Å². The third-order valence-corrected chi connectivity index (χ3v) is 3.76. The Morgan fingerprint density at radius 2 is 1.76 bits per heavy atom. The van der Waals surface area contributed by atoms with Crippen LogP contribution in [0.1, 0.15) is 10.6 Å². The predicted octanol–water partition coefficient (Wildman–Crippen LogP) is 3.34. The van der Waals surface area contributed by atoms with Crippen molar-refractivity contribution in [2.75, 3.05) is 5.32 Å². The van der Waals surface area contributed by atoms with Gasteiger partial charge >= 0.3 is 6.36 Å². The maximum absolute atomic E-state index is 12.7. The van der Waals surface area contributed by atoms with Gasteiger partial charge in [0.05, 0.1) is 11.9 Å². The van der Waals surface area contributed by atoms with E-state index < -0.39 is 18.0 Å². The summed E-state index contributed by atoms with van der Waals surface area (Å²) in [6.45, 7) is 0. The summed E-state index contributed by atoms with van der Waals surface area (Å²) in [5.41, 5.74) is 0.707. The van der Waals surface area contributed by atoms with Crippen LogP contribution in [0.2, 0.25) is 0 Å². The van der Waals surface area contributed by atoms with Crippen molar-refractivity contribution in [3.8, 4) is 17.0 Å². The summed E-state index contributed by atoms with van der Waals surface area (Å²) in [6.07, 6.45) is -0.635. The van der Waals surface area contributed by atoms with Crippen molar-refractivity contribution in [3.63, 3.8) is 0 Å². The maximum atomic E-state index is 12.7. The summed E-state index contributed by atoms with van der Waals surface area (Å²) < 4.78 is 43.5.